The maximum Gasteiger partial charge on any atom is 0.330 e. The van der Waals surface area contributed by atoms with Crippen molar-refractivity contribution in [1.29, 1.82) is 0 Å². The number of amides is 4. The van der Waals surface area contributed by atoms with E-state index in [1.807, 2.05) is 0 Å². The number of hydrogen-bond acceptors (Lipinski definition) is 4. The minimum atomic E-state index is -1.30. The Balaban J connectivity index is 2.04. The van der Waals surface area contributed by atoms with Crippen LogP contribution in [-0.4, -0.2) is 63.2 Å². The lowest BCUT2D eigenvalue weighted by atomic mass is 10.1. The van der Waals surface area contributed by atoms with Crippen molar-refractivity contribution in [1.82, 2.24) is 15.1 Å². The monoisotopic (exact) mass is 387 g/mol. The summed E-state index contributed by atoms with van der Waals surface area (Å²) in [4.78, 5) is 48.2. The van der Waals surface area contributed by atoms with Crippen molar-refractivity contribution in [3.8, 4) is 0 Å². The molecule has 1 aromatic rings. The Morgan fingerprint density at radius 3 is 2.28 bits per heavy atom. The molecule has 1 aliphatic rings. The van der Waals surface area contributed by atoms with Crippen LogP contribution in [0.15, 0.2) is 30.3 Å². The van der Waals surface area contributed by atoms with Crippen LogP contribution in [0.25, 0.3) is 0 Å². The molecule has 0 saturated carbocycles. The molecule has 1 unspecified atom stereocenters. The smallest absolute Gasteiger partial charge is 0.330 e. The van der Waals surface area contributed by atoms with Crippen molar-refractivity contribution in [2.75, 3.05) is 19.6 Å². The van der Waals surface area contributed by atoms with Crippen molar-refractivity contribution in [3.05, 3.63) is 35.9 Å². The predicted octanol–water partition coefficient (Wildman–Crippen LogP) is 0.996. The van der Waals surface area contributed by atoms with Gasteiger partial charge in [-0.15, -0.1) is 0 Å². The molecule has 10 heteroatoms. The van der Waals surface area contributed by atoms with Crippen LogP contribution in [0.1, 0.15) is 11.6 Å². The van der Waals surface area contributed by atoms with Gasteiger partial charge < -0.3 is 15.3 Å². The average Bonchev–Trinajstić information content (AvgIpc) is 2.59. The van der Waals surface area contributed by atoms with Gasteiger partial charge in [0.05, 0.1) is 0 Å². The van der Waals surface area contributed by atoms with Crippen LogP contribution < -0.4 is 5.32 Å². The van der Waals surface area contributed by atoms with Gasteiger partial charge in [0.2, 0.25) is 5.91 Å². The average molecular weight is 388 g/mol. The summed E-state index contributed by atoms with van der Waals surface area (Å²) in [7, 11) is 0. The van der Waals surface area contributed by atoms with Crippen LogP contribution in [0.3, 0.4) is 0 Å². The Kier molecular flexibility index (Phi) is 6.22. The van der Waals surface area contributed by atoms with E-state index in [4.69, 9.17) is 23.2 Å². The van der Waals surface area contributed by atoms with E-state index in [9.17, 15) is 24.3 Å². The van der Waals surface area contributed by atoms with Crippen molar-refractivity contribution < 1.29 is 24.3 Å². The number of benzene rings is 1. The minimum Gasteiger partial charge on any atom is -0.479 e. The highest BCUT2D eigenvalue weighted by molar-refractivity contribution is 6.53. The van der Waals surface area contributed by atoms with Crippen LogP contribution in [-0.2, 0) is 14.4 Å². The first-order valence-electron chi connectivity index (χ1n) is 7.26. The number of alkyl halides is 2. The van der Waals surface area contributed by atoms with Gasteiger partial charge in [0.15, 0.2) is 10.9 Å². The maximum atomic E-state index is 12.3. The lowest BCUT2D eigenvalue weighted by molar-refractivity contribution is -0.142. The zero-order valence-corrected chi connectivity index (χ0v) is 14.4. The van der Waals surface area contributed by atoms with E-state index >= 15 is 0 Å². The Bertz CT molecular complexity index is 683. The second-order valence-corrected chi connectivity index (χ2v) is 6.33. The molecule has 1 saturated heterocycles. The van der Waals surface area contributed by atoms with Gasteiger partial charge in [-0.2, -0.15) is 0 Å². The number of halogens is 2. The second-order valence-electron chi connectivity index (χ2n) is 5.24. The predicted molar refractivity (Wildman–Crippen MR) is 89.1 cm³/mol. The van der Waals surface area contributed by atoms with Crippen LogP contribution in [0.5, 0.6) is 0 Å². The molecular weight excluding hydrogens is 373 g/mol. The summed E-state index contributed by atoms with van der Waals surface area (Å²) in [6.45, 7) is -0.375. The van der Waals surface area contributed by atoms with E-state index < -0.39 is 34.7 Å². The highest BCUT2D eigenvalue weighted by atomic mass is 35.5. The maximum absolute atomic E-state index is 12.3. The summed E-state index contributed by atoms with van der Waals surface area (Å²) in [5.74, 6) is -2.53. The zero-order valence-electron chi connectivity index (χ0n) is 12.9. The Morgan fingerprint density at radius 1 is 1.12 bits per heavy atom. The summed E-state index contributed by atoms with van der Waals surface area (Å²) in [6, 6.07) is 5.96. The molecule has 4 amide bonds. The fraction of sp³-hybridized carbons (Fsp3) is 0.333. The first-order valence-corrected chi connectivity index (χ1v) is 8.14. The van der Waals surface area contributed by atoms with E-state index in [0.29, 0.717) is 5.56 Å². The number of nitrogens with zero attached hydrogens (tertiary/aromatic N) is 2. The van der Waals surface area contributed by atoms with Crippen LogP contribution in [0.4, 0.5) is 4.79 Å². The van der Waals surface area contributed by atoms with Crippen LogP contribution >= 0.6 is 23.2 Å². The molecule has 0 spiro atoms. The Morgan fingerprint density at radius 2 is 1.76 bits per heavy atom. The summed E-state index contributed by atoms with van der Waals surface area (Å²) in [5.41, 5.74) is 0.372. The van der Waals surface area contributed by atoms with Crippen molar-refractivity contribution in [2.24, 2.45) is 0 Å². The third-order valence-electron chi connectivity index (χ3n) is 3.61. The molecule has 1 aliphatic heterocycles. The minimum absolute atomic E-state index is 0.0665. The van der Waals surface area contributed by atoms with E-state index in [0.717, 1.165) is 9.80 Å². The van der Waals surface area contributed by atoms with Gasteiger partial charge in [0.1, 0.15) is 6.54 Å². The second kappa shape index (κ2) is 8.17. The van der Waals surface area contributed by atoms with Gasteiger partial charge >= 0.3 is 12.0 Å². The lowest BCUT2D eigenvalue weighted by Gasteiger charge is -2.33. The van der Waals surface area contributed by atoms with E-state index in [2.05, 4.69) is 5.32 Å². The number of carboxylic acids is 1. The Labute approximate surface area is 153 Å². The normalized spacial score (nSPS) is 15.9. The summed E-state index contributed by atoms with van der Waals surface area (Å²) < 4.78 is 0. The van der Waals surface area contributed by atoms with E-state index in [1.54, 1.807) is 30.3 Å². The quantitative estimate of drug-likeness (QED) is 0.749. The van der Waals surface area contributed by atoms with Gasteiger partial charge in [-0.3, -0.25) is 14.5 Å². The Hall–Kier alpha value is -2.32. The molecular formula is C15H15Cl2N3O5. The molecule has 0 aromatic heterocycles. The van der Waals surface area contributed by atoms with E-state index in [-0.39, 0.29) is 19.6 Å². The number of rotatable bonds is 4. The molecule has 8 nitrogen and oxygen atoms in total. The van der Waals surface area contributed by atoms with Crippen LogP contribution in [0, 0.1) is 0 Å². The molecule has 0 bridgehead atoms. The van der Waals surface area contributed by atoms with Crippen LogP contribution in [0.2, 0.25) is 0 Å². The van der Waals surface area contributed by atoms with Gasteiger partial charge in [0, 0.05) is 13.1 Å². The number of imide groups is 1. The SMILES string of the molecule is O=C(O)C(NC(=O)N1CCN(C(=O)C(Cl)Cl)CC1=O)c1ccccc1. The van der Waals surface area contributed by atoms with Crippen molar-refractivity contribution in [3.63, 3.8) is 0 Å². The number of nitrogens with one attached hydrogen (secondary N) is 1. The number of hydrogen-bond donors (Lipinski definition) is 2. The molecule has 1 aromatic carbocycles. The fourth-order valence-electron chi connectivity index (χ4n) is 2.35. The number of carbonyl (C=O) groups is 4. The first kappa shape index (κ1) is 19.0. The highest BCUT2D eigenvalue weighted by Crippen LogP contribution is 2.15. The topological polar surface area (TPSA) is 107 Å². The molecule has 1 atom stereocenters. The standard InChI is InChI=1S/C15H15Cl2N3O5/c16-12(17)13(22)19-6-7-20(10(21)8-19)15(25)18-11(14(23)24)9-4-2-1-3-5-9/h1-5,11-12H,6-8H2,(H,18,25)(H,23,24). The van der Waals surface area contributed by atoms with Crippen molar-refractivity contribution >= 4 is 47.0 Å². The van der Waals surface area contributed by atoms with Gasteiger partial charge in [-0.25, -0.2) is 9.59 Å². The van der Waals surface area contributed by atoms with Gasteiger partial charge in [-0.1, -0.05) is 53.5 Å². The first-order chi connectivity index (χ1) is 11.8. The number of carboxylic acid groups (broad SMARTS) is 1. The third-order valence-corrected chi connectivity index (χ3v) is 3.99. The molecule has 134 valence electrons. The molecule has 2 rings (SSSR count). The zero-order chi connectivity index (χ0) is 18.6. The summed E-state index contributed by atoms with van der Waals surface area (Å²) >= 11 is 11.0. The summed E-state index contributed by atoms with van der Waals surface area (Å²) in [6.07, 6.45) is 0. The molecule has 1 fully saturated rings. The fourth-order valence-corrected chi connectivity index (χ4v) is 2.62. The summed E-state index contributed by atoms with van der Waals surface area (Å²) in [5, 5.41) is 11.6. The number of carbonyl (C=O) groups excluding carboxylic acids is 3. The van der Waals surface area contributed by atoms with E-state index in [1.165, 1.54) is 0 Å². The largest absolute Gasteiger partial charge is 0.479 e. The highest BCUT2D eigenvalue weighted by Gasteiger charge is 2.34. The molecule has 0 radical (unpaired) electrons. The number of aliphatic carboxylic acids is 1. The molecule has 0 aliphatic carbocycles. The van der Waals surface area contributed by atoms with Crippen molar-refractivity contribution in [2.45, 2.75) is 10.9 Å². The molecule has 25 heavy (non-hydrogen) atoms. The molecule has 2 N–H and O–H groups in total. The van der Waals surface area contributed by atoms with Gasteiger partial charge in [-0.05, 0) is 5.56 Å². The number of urea groups is 1. The molecule has 1 heterocycles. The number of piperazine rings is 1. The van der Waals surface area contributed by atoms with Gasteiger partial charge in [0.25, 0.3) is 5.91 Å². The third kappa shape index (κ3) is 4.61. The lowest BCUT2D eigenvalue weighted by Crippen LogP contribution is -2.57.